The highest BCUT2D eigenvalue weighted by Crippen LogP contribution is 2.07. The van der Waals surface area contributed by atoms with Gasteiger partial charge in [0.15, 0.2) is 0 Å². The molecule has 1 aliphatic heterocycles. The quantitative estimate of drug-likeness (QED) is 0.458. The molecule has 1 aliphatic rings. The van der Waals surface area contributed by atoms with Crippen LogP contribution in [0.5, 0.6) is 0 Å². The Hall–Kier alpha value is -1.10. The summed E-state index contributed by atoms with van der Waals surface area (Å²) in [6.07, 6.45) is 0.134. The van der Waals surface area contributed by atoms with Crippen LogP contribution in [-0.2, 0) is 9.59 Å². The molecule has 10 heavy (non-hydrogen) atoms. The van der Waals surface area contributed by atoms with Gasteiger partial charge in [-0.3, -0.25) is 9.59 Å². The standard InChI is InChI=1S/C5H7NO3.H3N/c7-4-1-3(2-6-4)5(8)9;/h3H,1-2H2,(H,6,7)(H,8,9);1H3. The maximum Gasteiger partial charge on any atom is 0.308 e. The zero-order chi connectivity index (χ0) is 6.85. The number of aliphatic carboxylic acids is 1. The Kier molecular flexibility index (Phi) is 2.82. The van der Waals surface area contributed by atoms with Crippen molar-refractivity contribution < 1.29 is 14.7 Å². The molecule has 1 saturated heterocycles. The van der Waals surface area contributed by atoms with Crippen LogP contribution in [0.2, 0.25) is 0 Å². The van der Waals surface area contributed by atoms with Crippen molar-refractivity contribution in [3.8, 4) is 0 Å². The van der Waals surface area contributed by atoms with Gasteiger partial charge in [-0.05, 0) is 0 Å². The van der Waals surface area contributed by atoms with E-state index in [4.69, 9.17) is 5.11 Å². The maximum atomic E-state index is 10.4. The SMILES string of the molecule is N.O=C1CC(C(=O)O)CN1. The van der Waals surface area contributed by atoms with Crippen molar-refractivity contribution in [3.05, 3.63) is 0 Å². The van der Waals surface area contributed by atoms with Crippen molar-refractivity contribution in [1.82, 2.24) is 11.5 Å². The molecule has 1 atom stereocenters. The molecular weight excluding hydrogens is 136 g/mol. The molecule has 0 aromatic heterocycles. The van der Waals surface area contributed by atoms with Crippen LogP contribution in [-0.4, -0.2) is 23.5 Å². The summed E-state index contributed by atoms with van der Waals surface area (Å²) in [5, 5.41) is 10.8. The lowest BCUT2D eigenvalue weighted by molar-refractivity contribution is -0.141. The Morgan fingerprint density at radius 1 is 1.70 bits per heavy atom. The van der Waals surface area contributed by atoms with Gasteiger partial charge in [-0.1, -0.05) is 0 Å². The van der Waals surface area contributed by atoms with Crippen molar-refractivity contribution in [1.29, 1.82) is 0 Å². The molecule has 1 amide bonds. The van der Waals surface area contributed by atoms with Crippen LogP contribution in [0.3, 0.4) is 0 Å². The van der Waals surface area contributed by atoms with Gasteiger partial charge in [0.1, 0.15) is 0 Å². The van der Waals surface area contributed by atoms with Crippen molar-refractivity contribution in [2.24, 2.45) is 5.92 Å². The fraction of sp³-hybridized carbons (Fsp3) is 0.600. The Morgan fingerprint density at radius 2 is 2.30 bits per heavy atom. The molecule has 5 nitrogen and oxygen atoms in total. The highest BCUT2D eigenvalue weighted by molar-refractivity contribution is 5.85. The highest BCUT2D eigenvalue weighted by Gasteiger charge is 2.26. The largest absolute Gasteiger partial charge is 0.481 e. The number of carbonyl (C=O) groups excluding carboxylic acids is 1. The summed E-state index contributed by atoms with van der Waals surface area (Å²) >= 11 is 0. The highest BCUT2D eigenvalue weighted by atomic mass is 16.4. The molecule has 0 aromatic rings. The summed E-state index contributed by atoms with van der Waals surface area (Å²) < 4.78 is 0. The van der Waals surface area contributed by atoms with E-state index in [0.717, 1.165) is 0 Å². The average Bonchev–Trinajstić information content (AvgIpc) is 2.14. The zero-order valence-corrected chi connectivity index (χ0v) is 5.46. The number of nitrogens with one attached hydrogen (secondary N) is 1. The molecule has 1 rings (SSSR count). The molecule has 0 bridgehead atoms. The lowest BCUT2D eigenvalue weighted by Gasteiger charge is -1.95. The predicted octanol–water partition coefficient (Wildman–Crippen LogP) is -0.631. The third kappa shape index (κ3) is 1.70. The van der Waals surface area contributed by atoms with Gasteiger partial charge in [0.2, 0.25) is 5.91 Å². The second-order valence-electron chi connectivity index (χ2n) is 2.04. The number of hydrogen-bond donors (Lipinski definition) is 3. The van der Waals surface area contributed by atoms with E-state index >= 15 is 0 Å². The monoisotopic (exact) mass is 146 g/mol. The Labute approximate surface area is 58.0 Å². The van der Waals surface area contributed by atoms with E-state index in [0.29, 0.717) is 0 Å². The van der Waals surface area contributed by atoms with E-state index < -0.39 is 11.9 Å². The summed E-state index contributed by atoms with van der Waals surface area (Å²) in [6.45, 7) is 0.286. The number of carboxylic acid groups (broad SMARTS) is 1. The van der Waals surface area contributed by atoms with E-state index in [1.165, 1.54) is 0 Å². The number of carboxylic acids is 1. The molecule has 0 radical (unpaired) electrons. The fourth-order valence-electron chi connectivity index (χ4n) is 0.780. The van der Waals surface area contributed by atoms with Gasteiger partial charge in [0.05, 0.1) is 5.92 Å². The Balaban J connectivity index is 0.000000810. The van der Waals surface area contributed by atoms with Crippen molar-refractivity contribution in [2.45, 2.75) is 6.42 Å². The van der Waals surface area contributed by atoms with Crippen LogP contribution in [0.15, 0.2) is 0 Å². The molecule has 1 heterocycles. The van der Waals surface area contributed by atoms with Gasteiger partial charge >= 0.3 is 5.97 Å². The summed E-state index contributed by atoms with van der Waals surface area (Å²) in [5.74, 6) is -1.56. The summed E-state index contributed by atoms with van der Waals surface area (Å²) in [6, 6.07) is 0. The van der Waals surface area contributed by atoms with Crippen molar-refractivity contribution in [2.75, 3.05) is 6.54 Å². The summed E-state index contributed by atoms with van der Waals surface area (Å²) in [4.78, 5) is 20.5. The van der Waals surface area contributed by atoms with Gasteiger partial charge in [0, 0.05) is 13.0 Å². The molecule has 1 fully saturated rings. The molecule has 0 saturated carbocycles. The molecule has 5 N–H and O–H groups in total. The molecule has 58 valence electrons. The molecule has 1 unspecified atom stereocenters. The van der Waals surface area contributed by atoms with Crippen LogP contribution in [0.25, 0.3) is 0 Å². The molecule has 5 heteroatoms. The molecule has 0 spiro atoms. The third-order valence-corrected chi connectivity index (χ3v) is 1.33. The smallest absolute Gasteiger partial charge is 0.308 e. The zero-order valence-electron chi connectivity index (χ0n) is 5.46. The number of amides is 1. The maximum absolute atomic E-state index is 10.4. The third-order valence-electron chi connectivity index (χ3n) is 1.33. The van der Waals surface area contributed by atoms with Crippen molar-refractivity contribution >= 4 is 11.9 Å². The minimum atomic E-state index is -0.895. The average molecular weight is 146 g/mol. The molecule has 0 aromatic carbocycles. The topological polar surface area (TPSA) is 101 Å². The first-order valence-electron chi connectivity index (χ1n) is 2.69. The first kappa shape index (κ1) is 8.90. The normalized spacial score (nSPS) is 23.2. The predicted molar refractivity (Wildman–Crippen MR) is 33.8 cm³/mol. The van der Waals surface area contributed by atoms with Crippen LogP contribution in [0, 0.1) is 5.92 Å². The van der Waals surface area contributed by atoms with Crippen LogP contribution < -0.4 is 11.5 Å². The first-order valence-corrected chi connectivity index (χ1v) is 2.69. The van der Waals surface area contributed by atoms with Gasteiger partial charge in [-0.2, -0.15) is 0 Å². The van der Waals surface area contributed by atoms with E-state index in [1.807, 2.05) is 0 Å². The van der Waals surface area contributed by atoms with Gasteiger partial charge in [-0.15, -0.1) is 0 Å². The van der Waals surface area contributed by atoms with Gasteiger partial charge in [-0.25, -0.2) is 0 Å². The number of carbonyl (C=O) groups is 2. The lowest BCUT2D eigenvalue weighted by atomic mass is 10.1. The van der Waals surface area contributed by atoms with Crippen LogP contribution in [0.1, 0.15) is 6.42 Å². The second-order valence-corrected chi connectivity index (χ2v) is 2.04. The Morgan fingerprint density at radius 3 is 2.50 bits per heavy atom. The first-order chi connectivity index (χ1) is 4.20. The van der Waals surface area contributed by atoms with E-state index in [1.54, 1.807) is 0 Å². The summed E-state index contributed by atoms with van der Waals surface area (Å²) in [5.41, 5.74) is 0. The summed E-state index contributed by atoms with van der Waals surface area (Å²) in [7, 11) is 0. The molecule has 0 aliphatic carbocycles. The van der Waals surface area contributed by atoms with Crippen LogP contribution in [0.4, 0.5) is 0 Å². The van der Waals surface area contributed by atoms with Crippen LogP contribution >= 0.6 is 0 Å². The van der Waals surface area contributed by atoms with E-state index in [2.05, 4.69) is 5.32 Å². The van der Waals surface area contributed by atoms with Gasteiger partial charge < -0.3 is 16.6 Å². The van der Waals surface area contributed by atoms with E-state index in [9.17, 15) is 9.59 Å². The fourth-order valence-corrected chi connectivity index (χ4v) is 0.780. The lowest BCUT2D eigenvalue weighted by Crippen LogP contribution is -2.17. The van der Waals surface area contributed by atoms with E-state index in [-0.39, 0.29) is 25.0 Å². The molecular formula is C5H10N2O3. The minimum Gasteiger partial charge on any atom is -0.481 e. The minimum absolute atomic E-state index is 0. The van der Waals surface area contributed by atoms with Gasteiger partial charge in [0.25, 0.3) is 0 Å². The van der Waals surface area contributed by atoms with Crippen molar-refractivity contribution in [3.63, 3.8) is 0 Å². The number of hydrogen-bond acceptors (Lipinski definition) is 3. The number of rotatable bonds is 1. The second kappa shape index (κ2) is 3.17. The Bertz CT molecular complexity index is 157.